The standard InChI is InChI=1S/C13H16O3/c1-13(2)8-10-7-9(4-6-12(14)15)3-5-11(10)16-13/h3,5,7H,4,6,8H2,1-2H3,(H,14,15). The lowest BCUT2D eigenvalue weighted by molar-refractivity contribution is -0.136. The molecule has 2 rings (SSSR count). The smallest absolute Gasteiger partial charge is 0.303 e. The van der Waals surface area contributed by atoms with Gasteiger partial charge in [-0.1, -0.05) is 12.1 Å². The van der Waals surface area contributed by atoms with Crippen molar-refractivity contribution in [3.05, 3.63) is 29.3 Å². The zero-order valence-electron chi connectivity index (χ0n) is 9.62. The number of hydrogen-bond acceptors (Lipinski definition) is 2. The molecule has 0 radical (unpaired) electrons. The second-order valence-electron chi connectivity index (χ2n) is 4.87. The zero-order valence-corrected chi connectivity index (χ0v) is 9.62. The minimum Gasteiger partial charge on any atom is -0.487 e. The van der Waals surface area contributed by atoms with Crippen LogP contribution in [0, 0.1) is 0 Å². The van der Waals surface area contributed by atoms with Gasteiger partial charge in [-0.25, -0.2) is 0 Å². The minimum atomic E-state index is -0.753. The van der Waals surface area contributed by atoms with Crippen LogP contribution in [-0.4, -0.2) is 16.7 Å². The van der Waals surface area contributed by atoms with Crippen LogP contribution in [-0.2, 0) is 17.6 Å². The second kappa shape index (κ2) is 3.81. The Balaban J connectivity index is 2.13. The average molecular weight is 220 g/mol. The maximum absolute atomic E-state index is 10.5. The molecular formula is C13H16O3. The molecule has 1 aromatic rings. The van der Waals surface area contributed by atoms with Crippen molar-refractivity contribution in [2.75, 3.05) is 0 Å². The van der Waals surface area contributed by atoms with E-state index < -0.39 is 5.97 Å². The molecule has 1 N–H and O–H groups in total. The molecule has 0 spiro atoms. The van der Waals surface area contributed by atoms with E-state index in [1.54, 1.807) is 0 Å². The summed E-state index contributed by atoms with van der Waals surface area (Å²) in [5, 5.41) is 8.63. The Hall–Kier alpha value is -1.51. The largest absolute Gasteiger partial charge is 0.487 e. The Kier molecular flexibility index (Phi) is 2.62. The van der Waals surface area contributed by atoms with Gasteiger partial charge in [0.05, 0.1) is 0 Å². The predicted molar refractivity (Wildman–Crippen MR) is 60.8 cm³/mol. The van der Waals surface area contributed by atoms with Crippen molar-refractivity contribution in [2.45, 2.75) is 38.7 Å². The first-order chi connectivity index (χ1) is 7.46. The highest BCUT2D eigenvalue weighted by Crippen LogP contribution is 2.35. The van der Waals surface area contributed by atoms with Crippen LogP contribution in [0.1, 0.15) is 31.4 Å². The molecule has 0 bridgehead atoms. The number of rotatable bonds is 3. The Morgan fingerprint density at radius 2 is 2.25 bits per heavy atom. The van der Waals surface area contributed by atoms with Gasteiger partial charge in [0.25, 0.3) is 0 Å². The Morgan fingerprint density at radius 1 is 1.50 bits per heavy atom. The van der Waals surface area contributed by atoms with Crippen molar-refractivity contribution in [3.8, 4) is 5.75 Å². The molecule has 0 aromatic heterocycles. The molecule has 1 aliphatic heterocycles. The molecule has 1 heterocycles. The van der Waals surface area contributed by atoms with Crippen LogP contribution in [0.15, 0.2) is 18.2 Å². The number of aryl methyl sites for hydroxylation is 1. The predicted octanol–water partition coefficient (Wildman–Crippen LogP) is 2.42. The number of carbonyl (C=O) groups is 1. The molecule has 16 heavy (non-hydrogen) atoms. The topological polar surface area (TPSA) is 46.5 Å². The van der Waals surface area contributed by atoms with Crippen LogP contribution in [0.4, 0.5) is 0 Å². The van der Waals surface area contributed by atoms with Gasteiger partial charge in [-0.3, -0.25) is 4.79 Å². The van der Waals surface area contributed by atoms with Crippen molar-refractivity contribution < 1.29 is 14.6 Å². The van der Waals surface area contributed by atoms with Gasteiger partial charge >= 0.3 is 5.97 Å². The lowest BCUT2D eigenvalue weighted by Gasteiger charge is -2.16. The summed E-state index contributed by atoms with van der Waals surface area (Å²) in [6.07, 6.45) is 1.66. The van der Waals surface area contributed by atoms with Gasteiger partial charge in [-0.2, -0.15) is 0 Å². The van der Waals surface area contributed by atoms with E-state index in [0.717, 1.165) is 17.7 Å². The molecule has 0 atom stereocenters. The molecule has 0 unspecified atom stereocenters. The number of carboxylic acid groups (broad SMARTS) is 1. The van der Waals surface area contributed by atoms with Crippen molar-refractivity contribution in [3.63, 3.8) is 0 Å². The summed E-state index contributed by atoms with van der Waals surface area (Å²) < 4.78 is 5.76. The van der Waals surface area contributed by atoms with E-state index in [9.17, 15) is 4.79 Å². The highest BCUT2D eigenvalue weighted by atomic mass is 16.5. The number of ether oxygens (including phenoxy) is 1. The molecule has 3 nitrogen and oxygen atoms in total. The van der Waals surface area contributed by atoms with Crippen molar-refractivity contribution >= 4 is 5.97 Å². The van der Waals surface area contributed by atoms with Gasteiger partial charge in [-0.15, -0.1) is 0 Å². The van der Waals surface area contributed by atoms with Gasteiger partial charge < -0.3 is 9.84 Å². The van der Waals surface area contributed by atoms with E-state index in [0.29, 0.717) is 6.42 Å². The van der Waals surface area contributed by atoms with Gasteiger partial charge in [0, 0.05) is 12.8 Å². The third-order valence-electron chi connectivity index (χ3n) is 2.75. The average Bonchev–Trinajstić information content (AvgIpc) is 2.47. The third-order valence-corrected chi connectivity index (χ3v) is 2.75. The summed E-state index contributed by atoms with van der Waals surface area (Å²) in [5.41, 5.74) is 2.13. The van der Waals surface area contributed by atoms with E-state index in [1.807, 2.05) is 12.1 Å². The molecule has 0 fully saturated rings. The van der Waals surface area contributed by atoms with E-state index in [2.05, 4.69) is 19.9 Å². The number of benzene rings is 1. The lowest BCUT2D eigenvalue weighted by atomic mass is 9.99. The fourth-order valence-corrected chi connectivity index (χ4v) is 2.07. The first-order valence-corrected chi connectivity index (χ1v) is 5.49. The van der Waals surface area contributed by atoms with Gasteiger partial charge in [-0.05, 0) is 37.5 Å². The maximum Gasteiger partial charge on any atom is 0.303 e. The van der Waals surface area contributed by atoms with E-state index >= 15 is 0 Å². The molecule has 0 amide bonds. The summed E-state index contributed by atoms with van der Waals surface area (Å²) in [6.45, 7) is 4.12. The van der Waals surface area contributed by atoms with Gasteiger partial charge in [0.1, 0.15) is 11.4 Å². The normalized spacial score (nSPS) is 16.6. The Labute approximate surface area is 95.0 Å². The number of fused-ring (bicyclic) bond motifs is 1. The van der Waals surface area contributed by atoms with Crippen LogP contribution < -0.4 is 4.74 Å². The highest BCUT2D eigenvalue weighted by molar-refractivity contribution is 5.67. The second-order valence-corrected chi connectivity index (χ2v) is 4.87. The molecule has 0 saturated heterocycles. The zero-order chi connectivity index (χ0) is 11.8. The van der Waals surface area contributed by atoms with Crippen LogP contribution >= 0.6 is 0 Å². The summed E-state index contributed by atoms with van der Waals surface area (Å²) in [4.78, 5) is 10.5. The monoisotopic (exact) mass is 220 g/mol. The molecule has 1 aliphatic rings. The van der Waals surface area contributed by atoms with Crippen LogP contribution in [0.3, 0.4) is 0 Å². The molecule has 86 valence electrons. The van der Waals surface area contributed by atoms with Crippen molar-refractivity contribution in [1.29, 1.82) is 0 Å². The van der Waals surface area contributed by atoms with Crippen LogP contribution in [0.25, 0.3) is 0 Å². The number of aliphatic carboxylic acids is 1. The van der Waals surface area contributed by atoms with Gasteiger partial charge in [0.2, 0.25) is 0 Å². The summed E-state index contributed by atoms with van der Waals surface area (Å²) in [6, 6.07) is 5.96. The fraction of sp³-hybridized carbons (Fsp3) is 0.462. The molecule has 0 aliphatic carbocycles. The SMILES string of the molecule is CC1(C)Cc2cc(CCC(=O)O)ccc2O1. The quantitative estimate of drug-likeness (QED) is 0.850. The molecule has 1 aromatic carbocycles. The molecule has 0 saturated carbocycles. The molecular weight excluding hydrogens is 204 g/mol. The minimum absolute atomic E-state index is 0.131. The molecule has 3 heteroatoms. The number of hydrogen-bond donors (Lipinski definition) is 1. The first-order valence-electron chi connectivity index (χ1n) is 5.49. The highest BCUT2D eigenvalue weighted by Gasteiger charge is 2.29. The fourth-order valence-electron chi connectivity index (χ4n) is 2.07. The number of carboxylic acids is 1. The maximum atomic E-state index is 10.5. The van der Waals surface area contributed by atoms with Crippen molar-refractivity contribution in [2.24, 2.45) is 0 Å². The summed E-state index contributed by atoms with van der Waals surface area (Å²) in [7, 11) is 0. The third kappa shape index (κ3) is 2.35. The van der Waals surface area contributed by atoms with E-state index in [1.165, 1.54) is 5.56 Å². The van der Waals surface area contributed by atoms with Crippen molar-refractivity contribution in [1.82, 2.24) is 0 Å². The first kappa shape index (κ1) is 11.0. The van der Waals surface area contributed by atoms with E-state index in [-0.39, 0.29) is 12.0 Å². The lowest BCUT2D eigenvalue weighted by Crippen LogP contribution is -2.24. The van der Waals surface area contributed by atoms with Crippen LogP contribution in [0.2, 0.25) is 0 Å². The Morgan fingerprint density at radius 3 is 2.94 bits per heavy atom. The van der Waals surface area contributed by atoms with Gasteiger partial charge in [0.15, 0.2) is 0 Å². The summed E-state index contributed by atoms with van der Waals surface area (Å²) >= 11 is 0. The Bertz CT molecular complexity index is 421. The van der Waals surface area contributed by atoms with E-state index in [4.69, 9.17) is 9.84 Å². The summed E-state index contributed by atoms with van der Waals surface area (Å²) in [5.74, 6) is 0.182. The van der Waals surface area contributed by atoms with Crippen LogP contribution in [0.5, 0.6) is 5.75 Å².